The SMILES string of the molecule is CCCCC/C(O)=C\C/C=C\C/C=C\CCCCC(=O)O. The number of unbranched alkanes of at least 4 members (excludes halogenated alkanes) is 4. The number of carboxylic acids is 1. The Bertz CT molecular complexity index is 340. The standard InChI is InChI=1S/C18H30O3/c1-2-3-11-14-17(19)15-12-9-7-5-4-6-8-10-13-16-18(20)21/h4,6-7,9,15,19H,2-3,5,8,10-14,16H2,1H3,(H,20,21)/b6-4-,9-7-,17-15+. The molecular weight excluding hydrogens is 264 g/mol. The Balaban J connectivity index is 3.50. The molecule has 0 saturated heterocycles. The van der Waals surface area contributed by atoms with Crippen LogP contribution in [0.4, 0.5) is 0 Å². The minimum Gasteiger partial charge on any atom is -0.513 e. The van der Waals surface area contributed by atoms with Crippen molar-refractivity contribution in [1.82, 2.24) is 0 Å². The monoisotopic (exact) mass is 294 g/mol. The predicted octanol–water partition coefficient (Wildman–Crippen LogP) is 5.55. The summed E-state index contributed by atoms with van der Waals surface area (Å²) in [4.78, 5) is 10.3. The van der Waals surface area contributed by atoms with Gasteiger partial charge in [0, 0.05) is 12.8 Å². The van der Waals surface area contributed by atoms with Gasteiger partial charge in [0.15, 0.2) is 0 Å². The van der Waals surface area contributed by atoms with Crippen LogP contribution in [0.2, 0.25) is 0 Å². The van der Waals surface area contributed by atoms with Crippen molar-refractivity contribution >= 4 is 5.97 Å². The summed E-state index contributed by atoms with van der Waals surface area (Å²) in [6.07, 6.45) is 19.0. The lowest BCUT2D eigenvalue weighted by Crippen LogP contribution is -1.92. The minimum atomic E-state index is -0.715. The van der Waals surface area contributed by atoms with Crippen LogP contribution in [0.5, 0.6) is 0 Å². The molecule has 2 N–H and O–H groups in total. The Morgan fingerprint density at radius 3 is 2.24 bits per heavy atom. The largest absolute Gasteiger partial charge is 0.513 e. The minimum absolute atomic E-state index is 0.266. The first-order valence-electron chi connectivity index (χ1n) is 8.06. The molecule has 0 rings (SSSR count). The van der Waals surface area contributed by atoms with Gasteiger partial charge in [-0.2, -0.15) is 0 Å². The van der Waals surface area contributed by atoms with Crippen molar-refractivity contribution in [2.45, 2.75) is 71.1 Å². The molecule has 0 amide bonds. The summed E-state index contributed by atoms with van der Waals surface area (Å²) >= 11 is 0. The highest BCUT2D eigenvalue weighted by Crippen LogP contribution is 2.07. The third-order valence-electron chi connectivity index (χ3n) is 3.14. The fraction of sp³-hybridized carbons (Fsp3) is 0.611. The lowest BCUT2D eigenvalue weighted by atomic mass is 10.1. The van der Waals surface area contributed by atoms with Gasteiger partial charge in [0.2, 0.25) is 0 Å². The summed E-state index contributed by atoms with van der Waals surface area (Å²) in [5, 5.41) is 18.1. The molecule has 0 heterocycles. The van der Waals surface area contributed by atoms with Gasteiger partial charge in [-0.25, -0.2) is 0 Å². The highest BCUT2D eigenvalue weighted by Gasteiger charge is 1.94. The first kappa shape index (κ1) is 19.5. The maximum atomic E-state index is 10.3. The van der Waals surface area contributed by atoms with E-state index in [0.717, 1.165) is 44.9 Å². The van der Waals surface area contributed by atoms with Gasteiger partial charge in [-0.3, -0.25) is 4.79 Å². The number of carbonyl (C=O) groups is 1. The molecular formula is C18H30O3. The molecule has 120 valence electrons. The van der Waals surface area contributed by atoms with Crippen LogP contribution >= 0.6 is 0 Å². The molecule has 0 aromatic carbocycles. The van der Waals surface area contributed by atoms with Crippen LogP contribution in [-0.4, -0.2) is 16.2 Å². The van der Waals surface area contributed by atoms with Gasteiger partial charge in [0.05, 0.1) is 5.76 Å². The van der Waals surface area contributed by atoms with Gasteiger partial charge in [-0.15, -0.1) is 0 Å². The van der Waals surface area contributed by atoms with Crippen LogP contribution in [0.1, 0.15) is 71.1 Å². The zero-order chi connectivity index (χ0) is 15.8. The zero-order valence-corrected chi connectivity index (χ0v) is 13.3. The molecule has 3 heteroatoms. The average Bonchev–Trinajstić information content (AvgIpc) is 2.44. The van der Waals surface area contributed by atoms with Crippen LogP contribution < -0.4 is 0 Å². The van der Waals surface area contributed by atoms with Crippen molar-refractivity contribution in [3.05, 3.63) is 36.1 Å². The second-order valence-corrected chi connectivity index (χ2v) is 5.21. The Hall–Kier alpha value is -1.51. The van der Waals surface area contributed by atoms with Gasteiger partial charge in [0.25, 0.3) is 0 Å². The quantitative estimate of drug-likeness (QED) is 0.266. The first-order valence-corrected chi connectivity index (χ1v) is 8.06. The molecule has 0 aliphatic heterocycles. The molecule has 3 nitrogen and oxygen atoms in total. The molecule has 0 aliphatic rings. The summed E-state index contributed by atoms with van der Waals surface area (Å²) in [6.45, 7) is 2.16. The molecule has 0 fully saturated rings. The van der Waals surface area contributed by atoms with Crippen LogP contribution in [0.3, 0.4) is 0 Å². The summed E-state index contributed by atoms with van der Waals surface area (Å²) in [6, 6.07) is 0. The normalized spacial score (nSPS) is 12.5. The summed E-state index contributed by atoms with van der Waals surface area (Å²) in [5.41, 5.74) is 0. The maximum Gasteiger partial charge on any atom is 0.303 e. The van der Waals surface area contributed by atoms with E-state index in [2.05, 4.69) is 31.2 Å². The number of hydrogen-bond donors (Lipinski definition) is 2. The summed E-state index contributed by atoms with van der Waals surface area (Å²) < 4.78 is 0. The van der Waals surface area contributed by atoms with Crippen molar-refractivity contribution in [3.63, 3.8) is 0 Å². The topological polar surface area (TPSA) is 57.5 Å². The fourth-order valence-corrected chi connectivity index (χ4v) is 1.89. The van der Waals surface area contributed by atoms with Gasteiger partial charge in [0.1, 0.15) is 0 Å². The average molecular weight is 294 g/mol. The van der Waals surface area contributed by atoms with Gasteiger partial charge >= 0.3 is 5.97 Å². The van der Waals surface area contributed by atoms with E-state index in [9.17, 15) is 9.90 Å². The molecule has 0 aliphatic carbocycles. The molecule has 0 aromatic heterocycles. The van der Waals surface area contributed by atoms with Gasteiger partial charge < -0.3 is 10.2 Å². The van der Waals surface area contributed by atoms with Crippen molar-refractivity contribution in [1.29, 1.82) is 0 Å². The fourth-order valence-electron chi connectivity index (χ4n) is 1.89. The van der Waals surface area contributed by atoms with E-state index in [4.69, 9.17) is 5.11 Å². The zero-order valence-electron chi connectivity index (χ0n) is 13.3. The molecule has 0 radical (unpaired) electrons. The van der Waals surface area contributed by atoms with E-state index in [1.54, 1.807) is 0 Å². The van der Waals surface area contributed by atoms with Gasteiger partial charge in [-0.1, -0.05) is 44.1 Å². The van der Waals surface area contributed by atoms with E-state index in [-0.39, 0.29) is 6.42 Å². The van der Waals surface area contributed by atoms with Crippen LogP contribution in [0.25, 0.3) is 0 Å². The third kappa shape index (κ3) is 16.4. The smallest absolute Gasteiger partial charge is 0.303 e. The number of allylic oxidation sites excluding steroid dienone is 6. The molecule has 0 bridgehead atoms. The second-order valence-electron chi connectivity index (χ2n) is 5.21. The van der Waals surface area contributed by atoms with E-state index >= 15 is 0 Å². The van der Waals surface area contributed by atoms with E-state index < -0.39 is 5.97 Å². The van der Waals surface area contributed by atoms with Crippen LogP contribution in [-0.2, 0) is 4.79 Å². The molecule has 0 unspecified atom stereocenters. The highest BCUT2D eigenvalue weighted by atomic mass is 16.4. The van der Waals surface area contributed by atoms with Crippen molar-refractivity contribution < 1.29 is 15.0 Å². The first-order chi connectivity index (χ1) is 10.2. The molecule has 0 aromatic rings. The number of carboxylic acid groups (broad SMARTS) is 1. The lowest BCUT2D eigenvalue weighted by Gasteiger charge is -1.97. The number of rotatable bonds is 13. The summed E-state index contributed by atoms with van der Waals surface area (Å²) in [5.74, 6) is -0.213. The van der Waals surface area contributed by atoms with E-state index in [0.29, 0.717) is 5.76 Å². The number of hydrogen-bond acceptors (Lipinski definition) is 2. The van der Waals surface area contributed by atoms with Crippen LogP contribution in [0.15, 0.2) is 36.1 Å². The summed E-state index contributed by atoms with van der Waals surface area (Å²) in [7, 11) is 0. The molecule has 21 heavy (non-hydrogen) atoms. The number of aliphatic hydroxyl groups is 1. The van der Waals surface area contributed by atoms with E-state index in [1.165, 1.54) is 12.8 Å². The highest BCUT2D eigenvalue weighted by molar-refractivity contribution is 5.66. The Labute approximate surface area is 129 Å². The molecule has 0 saturated carbocycles. The van der Waals surface area contributed by atoms with Crippen LogP contribution in [0, 0.1) is 0 Å². The molecule has 0 atom stereocenters. The van der Waals surface area contributed by atoms with Crippen molar-refractivity contribution in [2.24, 2.45) is 0 Å². The Morgan fingerprint density at radius 1 is 0.857 bits per heavy atom. The number of aliphatic carboxylic acids is 1. The maximum absolute atomic E-state index is 10.3. The third-order valence-corrected chi connectivity index (χ3v) is 3.14. The predicted molar refractivity (Wildman–Crippen MR) is 88.5 cm³/mol. The Kier molecular flexibility index (Phi) is 13.8. The second kappa shape index (κ2) is 14.9. The molecule has 0 spiro atoms. The number of aliphatic hydroxyl groups excluding tert-OH is 1. The van der Waals surface area contributed by atoms with Crippen molar-refractivity contribution in [3.8, 4) is 0 Å². The lowest BCUT2D eigenvalue weighted by molar-refractivity contribution is -0.137. The van der Waals surface area contributed by atoms with E-state index in [1.807, 2.05) is 6.08 Å². The Morgan fingerprint density at radius 2 is 1.52 bits per heavy atom. The van der Waals surface area contributed by atoms with Crippen molar-refractivity contribution in [2.75, 3.05) is 0 Å². The van der Waals surface area contributed by atoms with Gasteiger partial charge in [-0.05, 0) is 44.6 Å².